The Morgan fingerprint density at radius 1 is 0.357 bits per heavy atom. The predicted octanol–water partition coefficient (Wildman–Crippen LogP) is 10.9. The lowest BCUT2D eigenvalue weighted by Gasteiger charge is -2.24. The topological polar surface area (TPSA) is 52.6 Å². The molecular weight excluding hydrogens is 754 g/mol. The second-order valence-corrected chi connectivity index (χ2v) is 18.8. The van der Waals surface area contributed by atoms with Crippen LogP contribution in [0.15, 0.2) is 170 Å². The summed E-state index contributed by atoms with van der Waals surface area (Å²) in [5, 5.41) is 4.64. The van der Waals surface area contributed by atoms with Gasteiger partial charge in [-0.05, 0) is 131 Å². The van der Waals surface area contributed by atoms with Gasteiger partial charge in [0, 0.05) is 32.3 Å². The maximum Gasteiger partial charge on any atom is 0.178 e. The molecule has 0 heterocycles. The number of benzene rings is 8. The van der Waals surface area contributed by atoms with Crippen molar-refractivity contribution in [3.63, 3.8) is 0 Å². The highest BCUT2D eigenvalue weighted by molar-refractivity contribution is 7.79. The molecule has 0 saturated carbocycles. The molecule has 0 aliphatic heterocycles. The van der Waals surface area contributed by atoms with Crippen LogP contribution < -0.4 is 30.7 Å². The first kappa shape index (κ1) is 37.0. The van der Waals surface area contributed by atoms with Crippen LogP contribution in [-0.4, -0.2) is 12.7 Å². The van der Waals surface area contributed by atoms with E-state index in [1.807, 2.05) is 60.7 Å². The molecule has 0 atom stereocenters. The fourth-order valence-electron chi connectivity index (χ4n) is 6.90. The van der Waals surface area contributed by atoms with Crippen LogP contribution in [0.25, 0.3) is 32.7 Å². The zero-order valence-electron chi connectivity index (χ0n) is 29.6. The van der Waals surface area contributed by atoms with Crippen LogP contribution in [-0.2, 0) is 9.13 Å². The number of rotatable bonds is 11. The van der Waals surface area contributed by atoms with Crippen LogP contribution in [0.5, 0.6) is 11.5 Å². The van der Waals surface area contributed by atoms with E-state index in [4.69, 9.17) is 9.47 Å². The standard InChI is InChI=1S/C46H32F4O4P2/c47-33-11-19-37(20-12-33)55(51,38-21-13-34(48)14-22-38)29-53-43-27-9-31-5-1-3-7-41(31)45(43)46-42-8-4-2-6-32(42)10-28-44(46)54-30-56(52,39-23-15-35(49)16-24-39)40-25-17-36(50)18-26-40/h1-28H,29-30H2. The largest absolute Gasteiger partial charge is 0.485 e. The molecule has 0 N–H and O–H groups in total. The van der Waals surface area contributed by atoms with Crippen LogP contribution in [0, 0.1) is 23.3 Å². The smallest absolute Gasteiger partial charge is 0.178 e. The number of hydrogen-bond donors (Lipinski definition) is 0. The van der Waals surface area contributed by atoms with Gasteiger partial charge in [0.15, 0.2) is 14.3 Å². The van der Waals surface area contributed by atoms with E-state index in [9.17, 15) is 17.6 Å². The van der Waals surface area contributed by atoms with Crippen LogP contribution in [0.2, 0.25) is 0 Å². The van der Waals surface area contributed by atoms with E-state index >= 15 is 9.13 Å². The Hall–Kier alpha value is -5.94. The molecule has 0 unspecified atom stereocenters. The quantitative estimate of drug-likeness (QED) is 0.0968. The van der Waals surface area contributed by atoms with Gasteiger partial charge in [-0.1, -0.05) is 60.7 Å². The fraction of sp³-hybridized carbons (Fsp3) is 0.0435. The van der Waals surface area contributed by atoms with E-state index in [0.29, 0.717) is 43.8 Å². The molecule has 0 radical (unpaired) electrons. The lowest BCUT2D eigenvalue weighted by Crippen LogP contribution is -2.21. The third kappa shape index (κ3) is 7.14. The molecule has 0 aromatic heterocycles. The Morgan fingerprint density at radius 3 is 0.946 bits per heavy atom. The first-order chi connectivity index (χ1) is 27.1. The monoisotopic (exact) mass is 786 g/mol. The molecule has 0 aliphatic carbocycles. The average molecular weight is 787 g/mol. The van der Waals surface area contributed by atoms with Gasteiger partial charge in [0.05, 0.1) is 0 Å². The van der Waals surface area contributed by atoms with E-state index in [1.54, 1.807) is 12.1 Å². The summed E-state index contributed by atoms with van der Waals surface area (Å²) in [6.07, 6.45) is -0.693. The molecule has 0 spiro atoms. The van der Waals surface area contributed by atoms with Crippen molar-refractivity contribution in [3.8, 4) is 22.6 Å². The Balaban J connectivity index is 1.28. The van der Waals surface area contributed by atoms with Gasteiger partial charge >= 0.3 is 0 Å². The Labute approximate surface area is 320 Å². The van der Waals surface area contributed by atoms with Crippen molar-refractivity contribution in [2.45, 2.75) is 0 Å². The molecular formula is C46H32F4O4P2. The minimum absolute atomic E-state index is 0.333. The van der Waals surface area contributed by atoms with Crippen LogP contribution in [0.1, 0.15) is 0 Å². The summed E-state index contributed by atoms with van der Waals surface area (Å²) in [7, 11) is -7.30. The third-order valence-electron chi connectivity index (χ3n) is 9.81. The van der Waals surface area contributed by atoms with Crippen molar-refractivity contribution < 1.29 is 36.2 Å². The maximum absolute atomic E-state index is 15.1. The van der Waals surface area contributed by atoms with E-state index in [0.717, 1.165) is 21.5 Å². The first-order valence-electron chi connectivity index (χ1n) is 17.6. The molecule has 8 aromatic carbocycles. The average Bonchev–Trinajstić information content (AvgIpc) is 3.22. The molecule has 0 saturated heterocycles. The van der Waals surface area contributed by atoms with Crippen molar-refractivity contribution in [1.29, 1.82) is 0 Å². The summed E-state index contributed by atoms with van der Waals surface area (Å²) in [5.74, 6) is -1.27. The first-order valence-corrected chi connectivity index (χ1v) is 21.4. The molecule has 0 aliphatic rings. The molecule has 8 rings (SSSR count). The summed E-state index contributed by atoms with van der Waals surface area (Å²) in [4.78, 5) is 0. The van der Waals surface area contributed by atoms with E-state index in [2.05, 4.69) is 0 Å². The SMILES string of the molecule is O=P(COc1ccc2ccccc2c1-c1c(OCP(=O)(c2ccc(F)cc2)c2ccc(F)cc2)ccc2ccccc12)(c1ccc(F)cc1)c1ccc(F)cc1. The van der Waals surface area contributed by atoms with Gasteiger partial charge in [0.25, 0.3) is 0 Å². The fourth-order valence-corrected chi connectivity index (χ4v) is 11.3. The van der Waals surface area contributed by atoms with E-state index < -0.39 is 37.6 Å². The van der Waals surface area contributed by atoms with Gasteiger partial charge in [-0.3, -0.25) is 0 Å². The molecule has 10 heteroatoms. The molecule has 4 nitrogen and oxygen atoms in total. The van der Waals surface area contributed by atoms with Crippen molar-refractivity contribution in [1.82, 2.24) is 0 Å². The van der Waals surface area contributed by atoms with Gasteiger partial charge in [0.2, 0.25) is 0 Å². The zero-order valence-corrected chi connectivity index (χ0v) is 31.4. The van der Waals surface area contributed by atoms with Gasteiger partial charge in [-0.15, -0.1) is 0 Å². The summed E-state index contributed by atoms with van der Waals surface area (Å²) >= 11 is 0. The minimum Gasteiger partial charge on any atom is -0.485 e. The van der Waals surface area contributed by atoms with Crippen molar-refractivity contribution in [2.75, 3.05) is 12.7 Å². The lowest BCUT2D eigenvalue weighted by atomic mass is 9.92. The molecule has 0 fully saturated rings. The second-order valence-electron chi connectivity index (χ2n) is 13.3. The Kier molecular flexibility index (Phi) is 10.1. The molecule has 56 heavy (non-hydrogen) atoms. The minimum atomic E-state index is -3.65. The number of hydrogen-bond acceptors (Lipinski definition) is 4. The molecule has 0 bridgehead atoms. The van der Waals surface area contributed by atoms with E-state index in [-0.39, 0.29) is 12.7 Å². The van der Waals surface area contributed by atoms with Crippen molar-refractivity contribution in [2.24, 2.45) is 0 Å². The number of fused-ring (bicyclic) bond motifs is 2. The highest BCUT2D eigenvalue weighted by Crippen LogP contribution is 2.50. The summed E-state index contributed by atoms with van der Waals surface area (Å²) in [6.45, 7) is 0. The Bertz CT molecular complexity index is 2500. The van der Waals surface area contributed by atoms with Gasteiger partial charge in [0.1, 0.15) is 47.5 Å². The summed E-state index contributed by atoms with van der Waals surface area (Å²) < 4.78 is 99.6. The predicted molar refractivity (Wildman–Crippen MR) is 217 cm³/mol. The van der Waals surface area contributed by atoms with Crippen LogP contribution in [0.3, 0.4) is 0 Å². The highest BCUT2D eigenvalue weighted by atomic mass is 31.2. The Morgan fingerprint density at radius 2 is 0.643 bits per heavy atom. The zero-order chi connectivity index (χ0) is 38.9. The van der Waals surface area contributed by atoms with E-state index in [1.165, 1.54) is 97.1 Å². The molecule has 278 valence electrons. The van der Waals surface area contributed by atoms with Crippen molar-refractivity contribution in [3.05, 3.63) is 193 Å². The van der Waals surface area contributed by atoms with Gasteiger partial charge in [-0.2, -0.15) is 0 Å². The number of ether oxygens (including phenoxy) is 2. The van der Waals surface area contributed by atoms with Crippen LogP contribution in [0.4, 0.5) is 17.6 Å². The summed E-state index contributed by atoms with van der Waals surface area (Å²) in [6, 6.07) is 44.1. The maximum atomic E-state index is 15.1. The number of halogens is 4. The van der Waals surface area contributed by atoms with Gasteiger partial charge < -0.3 is 18.6 Å². The highest BCUT2D eigenvalue weighted by Gasteiger charge is 2.32. The van der Waals surface area contributed by atoms with Crippen LogP contribution >= 0.6 is 14.3 Å². The molecule has 0 amide bonds. The summed E-state index contributed by atoms with van der Waals surface area (Å²) in [5.41, 5.74) is 1.22. The van der Waals surface area contributed by atoms with Gasteiger partial charge in [-0.25, -0.2) is 17.6 Å². The third-order valence-corrected chi connectivity index (χ3v) is 15.3. The second kappa shape index (κ2) is 15.3. The normalized spacial score (nSPS) is 11.9. The lowest BCUT2D eigenvalue weighted by molar-refractivity contribution is 0.377. The van der Waals surface area contributed by atoms with Crippen molar-refractivity contribution >= 4 is 57.0 Å². The molecule has 8 aromatic rings.